The first kappa shape index (κ1) is 16.0. The van der Waals surface area contributed by atoms with Gasteiger partial charge in [-0.05, 0) is 61.4 Å². The molecule has 22 heavy (non-hydrogen) atoms. The Morgan fingerprint density at radius 1 is 0.909 bits per heavy atom. The maximum Gasteiger partial charge on any atom is 0.255 e. The summed E-state index contributed by atoms with van der Waals surface area (Å²) in [6.45, 7) is 3.93. The zero-order valence-electron chi connectivity index (χ0n) is 12.7. The molecule has 0 saturated heterocycles. The third-order valence-electron chi connectivity index (χ3n) is 2.93. The molecular formula is C16H18N2O3S. The minimum Gasteiger partial charge on any atom is -0.322 e. The standard InChI is InChI=1S/C16H18N2O3S/c1-11-8-12(2)10-15(9-11)17-16(19)13-4-6-14(7-5-13)18-22(3,20)21/h4-10,18H,1-3H3,(H,17,19). The van der Waals surface area contributed by atoms with Gasteiger partial charge in [0, 0.05) is 16.9 Å². The topological polar surface area (TPSA) is 75.3 Å². The summed E-state index contributed by atoms with van der Waals surface area (Å²) in [4.78, 5) is 12.2. The number of carbonyl (C=O) groups excluding carboxylic acids is 1. The highest BCUT2D eigenvalue weighted by Gasteiger charge is 2.08. The molecule has 116 valence electrons. The number of rotatable bonds is 4. The zero-order valence-corrected chi connectivity index (χ0v) is 13.5. The van der Waals surface area contributed by atoms with Gasteiger partial charge in [0.25, 0.3) is 5.91 Å². The zero-order chi connectivity index (χ0) is 16.3. The molecule has 0 radical (unpaired) electrons. The van der Waals surface area contributed by atoms with Gasteiger partial charge in [-0.15, -0.1) is 0 Å². The molecule has 0 bridgehead atoms. The molecule has 5 nitrogen and oxygen atoms in total. The second-order valence-corrected chi connectivity index (χ2v) is 7.03. The highest BCUT2D eigenvalue weighted by Crippen LogP contribution is 2.16. The third-order valence-corrected chi connectivity index (χ3v) is 3.54. The number of sulfonamides is 1. The first-order valence-corrected chi connectivity index (χ1v) is 8.59. The molecule has 2 aromatic rings. The first-order valence-electron chi connectivity index (χ1n) is 6.70. The van der Waals surface area contributed by atoms with E-state index in [9.17, 15) is 13.2 Å². The molecule has 0 saturated carbocycles. The number of hydrogen-bond acceptors (Lipinski definition) is 3. The van der Waals surface area contributed by atoms with Crippen molar-refractivity contribution in [3.63, 3.8) is 0 Å². The Bertz CT molecular complexity index is 776. The van der Waals surface area contributed by atoms with E-state index in [1.54, 1.807) is 24.3 Å². The van der Waals surface area contributed by atoms with Gasteiger partial charge < -0.3 is 5.32 Å². The van der Waals surface area contributed by atoms with Crippen LogP contribution in [0.1, 0.15) is 21.5 Å². The van der Waals surface area contributed by atoms with Crippen molar-refractivity contribution in [3.8, 4) is 0 Å². The van der Waals surface area contributed by atoms with Crippen molar-refractivity contribution in [1.82, 2.24) is 0 Å². The largest absolute Gasteiger partial charge is 0.322 e. The maximum absolute atomic E-state index is 12.2. The van der Waals surface area contributed by atoms with E-state index in [-0.39, 0.29) is 5.91 Å². The lowest BCUT2D eigenvalue weighted by atomic mass is 10.1. The SMILES string of the molecule is Cc1cc(C)cc(NC(=O)c2ccc(NS(C)(=O)=O)cc2)c1. The Labute approximate surface area is 130 Å². The number of amides is 1. The van der Waals surface area contributed by atoms with Crippen molar-refractivity contribution in [3.05, 3.63) is 59.2 Å². The first-order chi connectivity index (χ1) is 10.2. The van der Waals surface area contributed by atoms with Crippen molar-refractivity contribution in [2.24, 2.45) is 0 Å². The van der Waals surface area contributed by atoms with E-state index in [0.717, 1.165) is 23.1 Å². The van der Waals surface area contributed by atoms with Crippen LogP contribution in [0.3, 0.4) is 0 Å². The fourth-order valence-electron chi connectivity index (χ4n) is 2.15. The number of hydrogen-bond donors (Lipinski definition) is 2. The second-order valence-electron chi connectivity index (χ2n) is 5.28. The van der Waals surface area contributed by atoms with Gasteiger partial charge in [-0.25, -0.2) is 8.42 Å². The molecule has 0 aliphatic carbocycles. The number of anilines is 2. The van der Waals surface area contributed by atoms with Gasteiger partial charge in [0.05, 0.1) is 6.26 Å². The van der Waals surface area contributed by atoms with Gasteiger partial charge in [-0.1, -0.05) is 6.07 Å². The monoisotopic (exact) mass is 318 g/mol. The van der Waals surface area contributed by atoms with E-state index in [2.05, 4.69) is 10.0 Å². The summed E-state index contributed by atoms with van der Waals surface area (Å²) in [5.74, 6) is -0.240. The van der Waals surface area contributed by atoms with Gasteiger partial charge in [-0.3, -0.25) is 9.52 Å². The van der Waals surface area contributed by atoms with E-state index < -0.39 is 10.0 Å². The van der Waals surface area contributed by atoms with Crippen molar-refractivity contribution in [2.45, 2.75) is 13.8 Å². The van der Waals surface area contributed by atoms with Crippen molar-refractivity contribution in [1.29, 1.82) is 0 Å². The Morgan fingerprint density at radius 3 is 1.95 bits per heavy atom. The molecule has 0 unspecified atom stereocenters. The third kappa shape index (κ3) is 4.60. The summed E-state index contributed by atoms with van der Waals surface area (Å²) in [6.07, 6.45) is 1.08. The molecule has 0 fully saturated rings. The van der Waals surface area contributed by atoms with Crippen LogP contribution in [0.15, 0.2) is 42.5 Å². The van der Waals surface area contributed by atoms with Crippen molar-refractivity contribution >= 4 is 27.3 Å². The summed E-state index contributed by atoms with van der Waals surface area (Å²) in [5.41, 5.74) is 3.76. The van der Waals surface area contributed by atoms with E-state index in [0.29, 0.717) is 11.3 Å². The number of aryl methyl sites for hydroxylation is 2. The van der Waals surface area contributed by atoms with Crippen LogP contribution in [0.4, 0.5) is 11.4 Å². The van der Waals surface area contributed by atoms with E-state index in [1.165, 1.54) is 0 Å². The minimum absolute atomic E-state index is 0.240. The smallest absolute Gasteiger partial charge is 0.255 e. The lowest BCUT2D eigenvalue weighted by molar-refractivity contribution is 0.102. The average Bonchev–Trinajstić information content (AvgIpc) is 2.36. The fourth-order valence-corrected chi connectivity index (χ4v) is 2.72. The molecule has 0 atom stereocenters. The minimum atomic E-state index is -3.32. The summed E-state index contributed by atoms with van der Waals surface area (Å²) >= 11 is 0. The molecule has 2 N–H and O–H groups in total. The molecular weight excluding hydrogens is 300 g/mol. The lowest BCUT2D eigenvalue weighted by Gasteiger charge is -2.08. The van der Waals surface area contributed by atoms with Crippen LogP contribution in [0.2, 0.25) is 0 Å². The highest BCUT2D eigenvalue weighted by molar-refractivity contribution is 7.92. The van der Waals surface area contributed by atoms with Crippen LogP contribution >= 0.6 is 0 Å². The molecule has 1 amide bonds. The molecule has 2 rings (SSSR count). The normalized spacial score (nSPS) is 11.0. The van der Waals surface area contributed by atoms with Gasteiger partial charge >= 0.3 is 0 Å². The molecule has 2 aromatic carbocycles. The predicted molar refractivity (Wildman–Crippen MR) is 88.8 cm³/mol. The van der Waals surface area contributed by atoms with E-state index in [1.807, 2.05) is 32.0 Å². The second kappa shape index (κ2) is 6.19. The number of nitrogens with one attached hydrogen (secondary N) is 2. The number of benzene rings is 2. The van der Waals surface area contributed by atoms with Crippen LogP contribution in [0, 0.1) is 13.8 Å². The summed E-state index contributed by atoms with van der Waals surface area (Å²) < 4.78 is 24.6. The Kier molecular flexibility index (Phi) is 4.51. The van der Waals surface area contributed by atoms with Gasteiger partial charge in [0.2, 0.25) is 10.0 Å². The highest BCUT2D eigenvalue weighted by atomic mass is 32.2. The van der Waals surface area contributed by atoms with Crippen LogP contribution in [-0.2, 0) is 10.0 Å². The summed E-state index contributed by atoms with van der Waals surface area (Å²) in [6, 6.07) is 12.1. The van der Waals surface area contributed by atoms with Crippen molar-refractivity contribution < 1.29 is 13.2 Å². The Hall–Kier alpha value is -2.34. The summed E-state index contributed by atoms with van der Waals surface area (Å²) in [7, 11) is -3.32. The fraction of sp³-hybridized carbons (Fsp3) is 0.188. The molecule has 0 heterocycles. The van der Waals surface area contributed by atoms with Crippen LogP contribution < -0.4 is 10.0 Å². The van der Waals surface area contributed by atoms with Gasteiger partial charge in [0.1, 0.15) is 0 Å². The molecule has 0 aliphatic heterocycles. The van der Waals surface area contributed by atoms with Crippen LogP contribution in [-0.4, -0.2) is 20.6 Å². The van der Waals surface area contributed by atoms with Crippen LogP contribution in [0.5, 0.6) is 0 Å². The van der Waals surface area contributed by atoms with Crippen molar-refractivity contribution in [2.75, 3.05) is 16.3 Å². The summed E-state index contributed by atoms with van der Waals surface area (Å²) in [5, 5.41) is 2.83. The molecule has 6 heteroatoms. The van der Waals surface area contributed by atoms with Gasteiger partial charge in [-0.2, -0.15) is 0 Å². The Balaban J connectivity index is 2.13. The molecule has 0 aromatic heterocycles. The quantitative estimate of drug-likeness (QED) is 0.910. The maximum atomic E-state index is 12.2. The van der Waals surface area contributed by atoms with E-state index in [4.69, 9.17) is 0 Å². The predicted octanol–water partition coefficient (Wildman–Crippen LogP) is 2.93. The molecule has 0 spiro atoms. The Morgan fingerprint density at radius 2 is 1.45 bits per heavy atom. The average molecular weight is 318 g/mol. The van der Waals surface area contributed by atoms with E-state index >= 15 is 0 Å². The van der Waals surface area contributed by atoms with Gasteiger partial charge in [0.15, 0.2) is 0 Å². The lowest BCUT2D eigenvalue weighted by Crippen LogP contribution is -2.13. The number of carbonyl (C=O) groups is 1. The van der Waals surface area contributed by atoms with Crippen LogP contribution in [0.25, 0.3) is 0 Å². The molecule has 0 aliphatic rings.